The number of para-hydroxylation sites is 1. The van der Waals surface area contributed by atoms with Crippen LogP contribution in [0.2, 0.25) is 5.02 Å². The number of nitrogens with zero attached hydrogens (tertiary/aromatic N) is 3. The van der Waals surface area contributed by atoms with Crippen LogP contribution in [-0.2, 0) is 0 Å². The minimum absolute atomic E-state index is 0.133. The second-order valence-electron chi connectivity index (χ2n) is 4.96. The van der Waals surface area contributed by atoms with Gasteiger partial charge < -0.3 is 10.1 Å². The molecular formula is C15H9ClN4O5. The number of H-pyrrole nitrogens is 1. The number of aromatic nitrogens is 2. The monoisotopic (exact) mass is 360 g/mol. The molecule has 0 atom stereocenters. The fraction of sp³-hybridized carbons (Fsp3) is 0. The van der Waals surface area contributed by atoms with Crippen LogP contribution in [0.1, 0.15) is 5.56 Å². The second-order valence-corrected chi connectivity index (χ2v) is 5.37. The molecule has 0 unspecified atom stereocenters. The summed E-state index contributed by atoms with van der Waals surface area (Å²) < 4.78 is 0.592. The van der Waals surface area contributed by atoms with Crippen LogP contribution < -0.4 is 11.2 Å². The Bertz CT molecular complexity index is 1150. The summed E-state index contributed by atoms with van der Waals surface area (Å²) in [4.78, 5) is 36.9. The van der Waals surface area contributed by atoms with E-state index in [2.05, 4.69) is 10.1 Å². The number of hydrogen-bond acceptors (Lipinski definition) is 6. The number of nitro groups is 1. The van der Waals surface area contributed by atoms with Crippen LogP contribution in [0.4, 0.5) is 5.69 Å². The number of phenols is 1. The van der Waals surface area contributed by atoms with Gasteiger partial charge in [0.2, 0.25) is 5.75 Å². The van der Waals surface area contributed by atoms with Gasteiger partial charge in [-0.2, -0.15) is 5.10 Å². The fourth-order valence-electron chi connectivity index (χ4n) is 2.20. The van der Waals surface area contributed by atoms with Crippen LogP contribution >= 0.6 is 11.6 Å². The number of phenolic OH excluding ortho intramolecular Hbond substituents is 1. The van der Waals surface area contributed by atoms with Crippen LogP contribution in [0.3, 0.4) is 0 Å². The summed E-state index contributed by atoms with van der Waals surface area (Å²) in [5, 5.41) is 24.2. The van der Waals surface area contributed by atoms with Crippen molar-refractivity contribution in [3.8, 4) is 5.75 Å². The first kappa shape index (κ1) is 16.4. The number of nitrogens with one attached hydrogen (secondary N) is 1. The molecule has 0 radical (unpaired) electrons. The lowest BCUT2D eigenvalue weighted by atomic mass is 10.2. The third kappa shape index (κ3) is 3.00. The zero-order valence-corrected chi connectivity index (χ0v) is 13.1. The van der Waals surface area contributed by atoms with Gasteiger partial charge in [0.25, 0.3) is 5.56 Å². The van der Waals surface area contributed by atoms with E-state index >= 15 is 0 Å². The van der Waals surface area contributed by atoms with Gasteiger partial charge >= 0.3 is 11.4 Å². The molecular weight excluding hydrogens is 352 g/mol. The van der Waals surface area contributed by atoms with Crippen molar-refractivity contribution in [1.82, 2.24) is 9.66 Å². The molecule has 0 saturated heterocycles. The van der Waals surface area contributed by atoms with Crippen molar-refractivity contribution < 1.29 is 10.0 Å². The topological polar surface area (TPSA) is 131 Å². The maximum absolute atomic E-state index is 12.3. The van der Waals surface area contributed by atoms with Crippen molar-refractivity contribution >= 4 is 34.4 Å². The Kier molecular flexibility index (Phi) is 4.07. The molecule has 1 heterocycles. The molecule has 126 valence electrons. The lowest BCUT2D eigenvalue weighted by Crippen LogP contribution is -2.32. The molecule has 0 spiro atoms. The smallest absolute Gasteiger partial charge is 0.349 e. The molecule has 0 aliphatic heterocycles. The minimum Gasteiger partial charge on any atom is -0.501 e. The lowest BCUT2D eigenvalue weighted by molar-refractivity contribution is -0.385. The summed E-state index contributed by atoms with van der Waals surface area (Å²) in [6, 6.07) is 8.65. The van der Waals surface area contributed by atoms with E-state index in [-0.39, 0.29) is 16.0 Å². The SMILES string of the molecule is O=c1[nH]c2ccccc2c(=O)n1/N=C/c1cc(Cl)c(O)c([N+](=O)[O-])c1. The highest BCUT2D eigenvalue weighted by atomic mass is 35.5. The highest BCUT2D eigenvalue weighted by Crippen LogP contribution is 2.34. The van der Waals surface area contributed by atoms with E-state index in [1.165, 1.54) is 12.1 Å². The zero-order chi connectivity index (χ0) is 18.1. The van der Waals surface area contributed by atoms with Crippen molar-refractivity contribution in [2.45, 2.75) is 0 Å². The molecule has 9 nitrogen and oxygen atoms in total. The van der Waals surface area contributed by atoms with Crippen LogP contribution in [0.25, 0.3) is 10.9 Å². The fourth-order valence-corrected chi connectivity index (χ4v) is 2.42. The molecule has 3 aromatic rings. The van der Waals surface area contributed by atoms with Gasteiger partial charge in [-0.15, -0.1) is 4.68 Å². The average molecular weight is 361 g/mol. The Morgan fingerprint density at radius 2 is 2.00 bits per heavy atom. The molecule has 0 fully saturated rings. The third-order valence-electron chi connectivity index (χ3n) is 3.37. The third-order valence-corrected chi connectivity index (χ3v) is 3.66. The van der Waals surface area contributed by atoms with E-state index < -0.39 is 27.6 Å². The van der Waals surface area contributed by atoms with Crippen molar-refractivity contribution in [2.24, 2.45) is 5.10 Å². The predicted molar refractivity (Wildman–Crippen MR) is 91.6 cm³/mol. The van der Waals surface area contributed by atoms with Gasteiger partial charge in [-0.05, 0) is 18.2 Å². The maximum Gasteiger partial charge on any atom is 0.349 e. The van der Waals surface area contributed by atoms with Gasteiger partial charge in [0.1, 0.15) is 0 Å². The first-order valence-corrected chi connectivity index (χ1v) is 7.21. The first-order valence-electron chi connectivity index (χ1n) is 6.84. The normalized spacial score (nSPS) is 11.2. The van der Waals surface area contributed by atoms with Gasteiger partial charge in [0, 0.05) is 11.6 Å². The number of benzene rings is 2. The summed E-state index contributed by atoms with van der Waals surface area (Å²) in [6.45, 7) is 0. The highest BCUT2D eigenvalue weighted by molar-refractivity contribution is 6.32. The van der Waals surface area contributed by atoms with Gasteiger partial charge in [-0.25, -0.2) is 4.79 Å². The molecule has 2 N–H and O–H groups in total. The number of hydrogen-bond donors (Lipinski definition) is 2. The summed E-state index contributed by atoms with van der Waals surface area (Å²) in [5.74, 6) is -0.676. The van der Waals surface area contributed by atoms with Gasteiger partial charge in [-0.1, -0.05) is 23.7 Å². The summed E-state index contributed by atoms with van der Waals surface area (Å²) in [5.41, 5.74) is -1.52. The molecule has 0 aliphatic rings. The Morgan fingerprint density at radius 3 is 2.72 bits per heavy atom. The Balaban J connectivity index is 2.12. The molecule has 2 aromatic carbocycles. The molecule has 1 aromatic heterocycles. The van der Waals surface area contributed by atoms with E-state index in [4.69, 9.17) is 11.6 Å². The molecule has 0 bridgehead atoms. The van der Waals surface area contributed by atoms with E-state index in [9.17, 15) is 24.8 Å². The molecule has 0 aliphatic carbocycles. The van der Waals surface area contributed by atoms with Crippen molar-refractivity contribution in [2.75, 3.05) is 0 Å². The molecule has 0 saturated carbocycles. The van der Waals surface area contributed by atoms with E-state index in [0.29, 0.717) is 10.2 Å². The van der Waals surface area contributed by atoms with E-state index in [1.807, 2.05) is 0 Å². The van der Waals surface area contributed by atoms with E-state index in [0.717, 1.165) is 12.3 Å². The number of aromatic amines is 1. The lowest BCUT2D eigenvalue weighted by Gasteiger charge is -2.02. The molecule has 10 heteroatoms. The van der Waals surface area contributed by atoms with E-state index in [1.54, 1.807) is 18.2 Å². The number of rotatable bonds is 3. The minimum atomic E-state index is -0.812. The molecule has 0 amide bonds. The predicted octanol–water partition coefficient (Wildman–Crippen LogP) is 1.84. The Hall–Kier alpha value is -3.46. The summed E-state index contributed by atoms with van der Waals surface area (Å²) in [7, 11) is 0. The zero-order valence-electron chi connectivity index (χ0n) is 12.3. The number of halogens is 1. The maximum atomic E-state index is 12.3. The van der Waals surface area contributed by atoms with Crippen molar-refractivity contribution in [3.63, 3.8) is 0 Å². The quantitative estimate of drug-likeness (QED) is 0.418. The Labute approximate surface area is 143 Å². The average Bonchev–Trinajstić information content (AvgIpc) is 2.57. The van der Waals surface area contributed by atoms with Crippen LogP contribution in [0.15, 0.2) is 51.1 Å². The molecule has 3 rings (SSSR count). The van der Waals surface area contributed by atoms with Crippen molar-refractivity contribution in [3.05, 3.63) is 77.9 Å². The van der Waals surface area contributed by atoms with Gasteiger partial charge in [-0.3, -0.25) is 14.9 Å². The van der Waals surface area contributed by atoms with Crippen LogP contribution in [0.5, 0.6) is 5.75 Å². The van der Waals surface area contributed by atoms with Gasteiger partial charge in [0.15, 0.2) is 0 Å². The molecule has 25 heavy (non-hydrogen) atoms. The number of aromatic hydroxyl groups is 1. The van der Waals surface area contributed by atoms with Crippen LogP contribution in [0, 0.1) is 10.1 Å². The number of fused-ring (bicyclic) bond motifs is 1. The highest BCUT2D eigenvalue weighted by Gasteiger charge is 2.17. The summed E-state index contributed by atoms with van der Waals surface area (Å²) >= 11 is 5.73. The number of nitro benzene ring substituents is 1. The van der Waals surface area contributed by atoms with Crippen LogP contribution in [-0.4, -0.2) is 25.9 Å². The second kappa shape index (κ2) is 6.21. The largest absolute Gasteiger partial charge is 0.501 e. The first-order chi connectivity index (χ1) is 11.9. The Morgan fingerprint density at radius 1 is 1.28 bits per heavy atom. The summed E-state index contributed by atoms with van der Waals surface area (Å²) in [6.07, 6.45) is 1.06. The standard InChI is InChI=1S/C15H9ClN4O5/c16-10-5-8(6-12(13(10)21)20(24)25)7-17-19-14(22)9-3-1-2-4-11(9)18-15(19)23/h1-7,21H,(H,18,23)/b17-7+. The van der Waals surface area contributed by atoms with Gasteiger partial charge in [0.05, 0.1) is 27.1 Å². The van der Waals surface area contributed by atoms with Crippen molar-refractivity contribution in [1.29, 1.82) is 0 Å².